The second-order valence-corrected chi connectivity index (χ2v) is 6.14. The Morgan fingerprint density at radius 2 is 1.80 bits per heavy atom. The summed E-state index contributed by atoms with van der Waals surface area (Å²) in [6.45, 7) is 4.48. The number of halogens is 1. The van der Waals surface area contributed by atoms with Crippen LogP contribution < -0.4 is 20.1 Å². The Hall–Kier alpha value is -2.40. The fraction of sp³-hybridized carbons (Fsp3) is 0.316. The van der Waals surface area contributed by atoms with Crippen molar-refractivity contribution in [3.8, 4) is 11.5 Å². The maximum absolute atomic E-state index is 12.1. The van der Waals surface area contributed by atoms with Crippen molar-refractivity contribution in [3.05, 3.63) is 46.5 Å². The van der Waals surface area contributed by atoms with Crippen LogP contribution in [0.15, 0.2) is 30.3 Å². The Bertz CT molecular complexity index is 739. The smallest absolute Gasteiger partial charge is 0.226 e. The minimum Gasteiger partial charge on any atom is -0.493 e. The number of methoxy groups -OCH3 is 2. The fourth-order valence-electron chi connectivity index (χ4n) is 2.58. The van der Waals surface area contributed by atoms with Gasteiger partial charge in [0.05, 0.1) is 24.9 Å². The van der Waals surface area contributed by atoms with Crippen LogP contribution in [0.3, 0.4) is 0 Å². The normalized spacial score (nSPS) is 10.3. The molecule has 0 unspecified atom stereocenters. The van der Waals surface area contributed by atoms with Crippen molar-refractivity contribution in [2.45, 2.75) is 20.3 Å². The fourth-order valence-corrected chi connectivity index (χ4v) is 2.97. The van der Waals surface area contributed by atoms with Gasteiger partial charge in [0.15, 0.2) is 11.5 Å². The van der Waals surface area contributed by atoms with Crippen molar-refractivity contribution in [1.82, 2.24) is 0 Å². The lowest BCUT2D eigenvalue weighted by Gasteiger charge is -2.13. The summed E-state index contributed by atoms with van der Waals surface area (Å²) < 4.78 is 10.4. The maximum atomic E-state index is 12.1. The molecule has 2 aromatic rings. The lowest BCUT2D eigenvalue weighted by atomic mass is 10.1. The summed E-state index contributed by atoms with van der Waals surface area (Å²) in [7, 11) is 3.13. The summed E-state index contributed by atoms with van der Waals surface area (Å²) in [5.74, 6) is 1.09. The largest absolute Gasteiger partial charge is 0.493 e. The molecule has 5 nitrogen and oxygen atoms in total. The first-order valence-corrected chi connectivity index (χ1v) is 8.35. The highest BCUT2D eigenvalue weighted by molar-refractivity contribution is 6.33. The summed E-state index contributed by atoms with van der Waals surface area (Å²) >= 11 is 6.25. The van der Waals surface area contributed by atoms with Gasteiger partial charge in [-0.05, 0) is 43.2 Å². The summed E-state index contributed by atoms with van der Waals surface area (Å²) in [6.07, 6.45) is 0.317. The molecule has 6 heteroatoms. The number of ether oxygens (including phenoxy) is 2. The zero-order chi connectivity index (χ0) is 18.4. The third-order valence-corrected chi connectivity index (χ3v) is 4.05. The molecule has 0 saturated heterocycles. The summed E-state index contributed by atoms with van der Waals surface area (Å²) in [4.78, 5) is 12.1. The number of aryl methyl sites for hydroxylation is 2. The molecular weight excluding hydrogens is 340 g/mol. The quantitative estimate of drug-likeness (QED) is 0.765. The van der Waals surface area contributed by atoms with Crippen molar-refractivity contribution in [2.24, 2.45) is 0 Å². The predicted molar refractivity (Wildman–Crippen MR) is 102 cm³/mol. The molecule has 0 bridgehead atoms. The Morgan fingerprint density at radius 3 is 2.44 bits per heavy atom. The van der Waals surface area contributed by atoms with Crippen LogP contribution in [-0.2, 0) is 4.79 Å². The molecule has 0 aromatic heterocycles. The molecule has 134 valence electrons. The van der Waals surface area contributed by atoms with Crippen LogP contribution in [0.25, 0.3) is 0 Å². The van der Waals surface area contributed by atoms with E-state index in [0.717, 1.165) is 16.8 Å². The average Bonchev–Trinajstić information content (AvgIpc) is 2.57. The van der Waals surface area contributed by atoms with E-state index in [2.05, 4.69) is 16.7 Å². The van der Waals surface area contributed by atoms with Crippen LogP contribution in [0.1, 0.15) is 17.5 Å². The zero-order valence-electron chi connectivity index (χ0n) is 14.9. The molecule has 0 fully saturated rings. The second-order valence-electron chi connectivity index (χ2n) is 5.73. The van der Waals surface area contributed by atoms with Crippen LogP contribution in [0, 0.1) is 13.8 Å². The Kier molecular flexibility index (Phi) is 6.53. The molecule has 0 aliphatic carbocycles. The SMILES string of the molecule is COc1ccc(NC(=O)CCNc2c(C)cc(C)cc2Cl)cc1OC. The van der Waals surface area contributed by atoms with E-state index in [4.69, 9.17) is 21.1 Å². The molecule has 25 heavy (non-hydrogen) atoms. The standard InChI is InChI=1S/C19H23ClN2O3/c1-12-9-13(2)19(15(20)10-12)21-8-7-18(23)22-14-5-6-16(24-3)17(11-14)25-4/h5-6,9-11,21H,7-8H2,1-4H3,(H,22,23). The van der Waals surface area contributed by atoms with Crippen molar-refractivity contribution < 1.29 is 14.3 Å². The summed E-state index contributed by atoms with van der Waals surface area (Å²) in [6, 6.07) is 9.21. The van der Waals surface area contributed by atoms with Crippen LogP contribution in [-0.4, -0.2) is 26.7 Å². The van der Waals surface area contributed by atoms with Gasteiger partial charge in [-0.15, -0.1) is 0 Å². The van der Waals surface area contributed by atoms with Crippen LogP contribution in [0.5, 0.6) is 11.5 Å². The molecular formula is C19H23ClN2O3. The zero-order valence-corrected chi connectivity index (χ0v) is 15.7. The first kappa shape index (κ1) is 18.9. The number of nitrogens with one attached hydrogen (secondary N) is 2. The van der Waals surface area contributed by atoms with Crippen molar-refractivity contribution in [2.75, 3.05) is 31.4 Å². The molecule has 2 rings (SSSR count). The highest BCUT2D eigenvalue weighted by Gasteiger charge is 2.09. The minimum absolute atomic E-state index is 0.0967. The first-order valence-electron chi connectivity index (χ1n) is 7.97. The monoisotopic (exact) mass is 362 g/mol. The Balaban J connectivity index is 1.91. The number of hydrogen-bond acceptors (Lipinski definition) is 4. The van der Waals surface area contributed by atoms with Gasteiger partial charge < -0.3 is 20.1 Å². The number of rotatable bonds is 7. The third kappa shape index (κ3) is 5.03. The van der Waals surface area contributed by atoms with Gasteiger partial charge in [0.1, 0.15) is 0 Å². The number of carbonyl (C=O) groups is 1. The van der Waals surface area contributed by atoms with Gasteiger partial charge in [-0.2, -0.15) is 0 Å². The van der Waals surface area contributed by atoms with Crippen LogP contribution >= 0.6 is 11.6 Å². The van der Waals surface area contributed by atoms with E-state index in [1.807, 2.05) is 19.9 Å². The van der Waals surface area contributed by atoms with E-state index in [1.165, 1.54) is 0 Å². The molecule has 0 atom stereocenters. The van der Waals surface area contributed by atoms with E-state index in [9.17, 15) is 4.79 Å². The van der Waals surface area contributed by atoms with E-state index < -0.39 is 0 Å². The highest BCUT2D eigenvalue weighted by atomic mass is 35.5. The number of carbonyl (C=O) groups excluding carboxylic acids is 1. The van der Waals surface area contributed by atoms with Gasteiger partial charge in [-0.3, -0.25) is 4.79 Å². The predicted octanol–water partition coefficient (Wildman–Crippen LogP) is 4.41. The lowest BCUT2D eigenvalue weighted by Crippen LogP contribution is -2.16. The van der Waals surface area contributed by atoms with Crippen LogP contribution in [0.2, 0.25) is 5.02 Å². The van der Waals surface area contributed by atoms with Gasteiger partial charge >= 0.3 is 0 Å². The van der Waals surface area contributed by atoms with E-state index in [0.29, 0.717) is 35.2 Å². The minimum atomic E-state index is -0.0967. The van der Waals surface area contributed by atoms with Gasteiger partial charge in [-0.1, -0.05) is 17.7 Å². The molecule has 2 N–H and O–H groups in total. The number of anilines is 2. The maximum Gasteiger partial charge on any atom is 0.226 e. The molecule has 0 aliphatic heterocycles. The van der Waals surface area contributed by atoms with E-state index in [1.54, 1.807) is 32.4 Å². The molecule has 1 amide bonds. The average molecular weight is 363 g/mol. The van der Waals surface area contributed by atoms with E-state index in [-0.39, 0.29) is 5.91 Å². The molecule has 0 heterocycles. The van der Waals surface area contributed by atoms with Crippen molar-refractivity contribution >= 4 is 28.9 Å². The molecule has 0 radical (unpaired) electrons. The molecule has 0 saturated carbocycles. The van der Waals surface area contributed by atoms with Gasteiger partial charge in [0.25, 0.3) is 0 Å². The van der Waals surface area contributed by atoms with Crippen LogP contribution in [0.4, 0.5) is 11.4 Å². The van der Waals surface area contributed by atoms with E-state index >= 15 is 0 Å². The number of amides is 1. The van der Waals surface area contributed by atoms with Gasteiger partial charge in [0.2, 0.25) is 5.91 Å². The molecule has 0 aliphatic rings. The summed E-state index contributed by atoms with van der Waals surface area (Å²) in [5.41, 5.74) is 3.70. The highest BCUT2D eigenvalue weighted by Crippen LogP contribution is 2.30. The first-order chi connectivity index (χ1) is 11.9. The topological polar surface area (TPSA) is 59.6 Å². The number of benzene rings is 2. The third-order valence-electron chi connectivity index (χ3n) is 3.75. The summed E-state index contributed by atoms with van der Waals surface area (Å²) in [5, 5.41) is 6.74. The Morgan fingerprint density at radius 1 is 1.08 bits per heavy atom. The Labute approximate surface area is 153 Å². The van der Waals surface area contributed by atoms with Crippen molar-refractivity contribution in [1.29, 1.82) is 0 Å². The molecule has 2 aromatic carbocycles. The van der Waals surface area contributed by atoms with Gasteiger partial charge in [-0.25, -0.2) is 0 Å². The molecule has 0 spiro atoms. The lowest BCUT2D eigenvalue weighted by molar-refractivity contribution is -0.115. The second kappa shape index (κ2) is 8.62. The van der Waals surface area contributed by atoms with Gasteiger partial charge in [0, 0.05) is 24.7 Å². The number of hydrogen-bond donors (Lipinski definition) is 2. The van der Waals surface area contributed by atoms with Crippen molar-refractivity contribution in [3.63, 3.8) is 0 Å².